The van der Waals surface area contributed by atoms with E-state index < -0.39 is 36.0 Å². The SMILES string of the molecule is C=CCOc1ccc2c(c1)[C@H]1[C@H](CCCCO)[C@@H](CCCCO)C=C3C(=NOC4CCCCO4)C[C@H](n4nnc(C(=O)OCC)c4C(=O)OCC)[C@@](OCC=C)(O2)[C@H]31. The molecule has 0 bridgehead atoms. The molecule has 7 atom stereocenters. The maximum atomic E-state index is 13.9. The highest BCUT2D eigenvalue weighted by atomic mass is 16.8. The zero-order valence-corrected chi connectivity index (χ0v) is 33.7. The van der Waals surface area contributed by atoms with Crippen LogP contribution in [0.25, 0.3) is 0 Å². The normalized spacial score (nSPS) is 26.7. The fourth-order valence-electron chi connectivity index (χ4n) is 8.98. The number of hydrogen-bond acceptors (Lipinski definition) is 14. The van der Waals surface area contributed by atoms with Crippen LogP contribution < -0.4 is 9.47 Å². The van der Waals surface area contributed by atoms with Gasteiger partial charge < -0.3 is 43.5 Å². The van der Waals surface area contributed by atoms with Crippen LogP contribution in [-0.4, -0.2) is 101 Å². The summed E-state index contributed by atoms with van der Waals surface area (Å²) in [6.07, 6.45) is 12.1. The topological polar surface area (TPSA) is 182 Å². The highest BCUT2D eigenvalue weighted by molar-refractivity contribution is 6.03. The Balaban J connectivity index is 1.63. The zero-order valence-electron chi connectivity index (χ0n) is 33.7. The molecule has 58 heavy (non-hydrogen) atoms. The first-order valence-electron chi connectivity index (χ1n) is 20.7. The van der Waals surface area contributed by atoms with E-state index in [0.717, 1.165) is 49.7 Å². The largest absolute Gasteiger partial charge is 0.490 e. The summed E-state index contributed by atoms with van der Waals surface area (Å²) in [6, 6.07) is 4.76. The van der Waals surface area contributed by atoms with Crippen molar-refractivity contribution < 1.29 is 53.1 Å². The van der Waals surface area contributed by atoms with Gasteiger partial charge in [-0.15, -0.1) is 11.7 Å². The van der Waals surface area contributed by atoms with Gasteiger partial charge in [0.15, 0.2) is 5.69 Å². The molecule has 1 aromatic carbocycles. The molecule has 2 aliphatic carbocycles. The first-order chi connectivity index (χ1) is 28.3. The van der Waals surface area contributed by atoms with E-state index in [1.165, 1.54) is 4.68 Å². The van der Waals surface area contributed by atoms with Crippen molar-refractivity contribution in [3.05, 3.63) is 72.1 Å². The van der Waals surface area contributed by atoms with Crippen LogP contribution >= 0.6 is 0 Å². The Hall–Kier alpha value is -4.57. The van der Waals surface area contributed by atoms with Gasteiger partial charge in [-0.25, -0.2) is 14.3 Å². The van der Waals surface area contributed by atoms with Crippen molar-refractivity contribution in [3.63, 3.8) is 0 Å². The summed E-state index contributed by atoms with van der Waals surface area (Å²) in [5, 5.41) is 33.3. The summed E-state index contributed by atoms with van der Waals surface area (Å²) in [6.45, 7) is 12.3. The lowest BCUT2D eigenvalue weighted by atomic mass is 9.55. The second-order valence-corrected chi connectivity index (χ2v) is 14.9. The molecule has 0 radical (unpaired) electrons. The van der Waals surface area contributed by atoms with Crippen LogP contribution in [0, 0.1) is 17.8 Å². The average Bonchev–Trinajstić information content (AvgIpc) is 3.68. The Morgan fingerprint density at radius 1 is 1.02 bits per heavy atom. The summed E-state index contributed by atoms with van der Waals surface area (Å²) in [7, 11) is 0. The van der Waals surface area contributed by atoms with Crippen molar-refractivity contribution in [1.29, 1.82) is 0 Å². The van der Waals surface area contributed by atoms with Crippen LogP contribution in [0.4, 0.5) is 0 Å². The molecule has 1 aromatic heterocycles. The van der Waals surface area contributed by atoms with Gasteiger partial charge in [-0.3, -0.25) is 0 Å². The standard InChI is InChI=1S/C43H58N4O11/c1-5-22-54-29-18-19-34-32(26-29)37-30(16-10-13-21-49)28(15-9-12-20-48)25-31-33(45-58-36-17-11-14-24-55-36)27-35(43(57-34,38(31)37)56-23-6-2)47-40(42(51)53-8-4)39(44-46-47)41(50)52-7-3/h5-6,18-19,25-26,28,30,35-38,48-49H,1-2,7-17,20-24,27H2,3-4H3/t28-,30+,35-,36?,37+,38+,43+/m0/s1. The summed E-state index contributed by atoms with van der Waals surface area (Å²) in [5.41, 5.74) is 1.86. The predicted octanol–water partition coefficient (Wildman–Crippen LogP) is 6.23. The van der Waals surface area contributed by atoms with Crippen molar-refractivity contribution in [3.8, 4) is 11.5 Å². The van der Waals surface area contributed by atoms with Gasteiger partial charge in [0.2, 0.25) is 17.8 Å². The Morgan fingerprint density at radius 3 is 2.48 bits per heavy atom. The number of ether oxygens (including phenoxy) is 6. The monoisotopic (exact) mass is 806 g/mol. The summed E-state index contributed by atoms with van der Waals surface area (Å²) in [5.74, 6) is -2.85. The second-order valence-electron chi connectivity index (χ2n) is 14.9. The van der Waals surface area contributed by atoms with Crippen LogP contribution in [-0.2, 0) is 23.8 Å². The number of rotatable bonds is 21. The minimum atomic E-state index is -1.58. The number of aromatic nitrogens is 3. The lowest BCUT2D eigenvalue weighted by Crippen LogP contribution is -2.63. The van der Waals surface area contributed by atoms with Crippen molar-refractivity contribution in [1.82, 2.24) is 15.0 Å². The number of benzene rings is 1. The maximum Gasteiger partial charge on any atom is 0.361 e. The average molecular weight is 807 g/mol. The van der Waals surface area contributed by atoms with E-state index in [9.17, 15) is 19.8 Å². The third-order valence-electron chi connectivity index (χ3n) is 11.4. The fourth-order valence-corrected chi connectivity index (χ4v) is 8.98. The summed E-state index contributed by atoms with van der Waals surface area (Å²) < 4.78 is 38.4. The van der Waals surface area contributed by atoms with Crippen LogP contribution in [0.3, 0.4) is 0 Å². The summed E-state index contributed by atoms with van der Waals surface area (Å²) in [4.78, 5) is 33.4. The zero-order chi connectivity index (χ0) is 41.1. The molecule has 2 fully saturated rings. The lowest BCUT2D eigenvalue weighted by molar-refractivity contribution is -0.252. The molecule has 15 heteroatoms. The smallest absolute Gasteiger partial charge is 0.361 e. The number of hydrogen-bond donors (Lipinski definition) is 2. The molecule has 2 aromatic rings. The number of aliphatic hydroxyl groups is 2. The Labute approximate surface area is 340 Å². The summed E-state index contributed by atoms with van der Waals surface area (Å²) >= 11 is 0. The number of esters is 2. The number of fused-ring (bicyclic) bond motifs is 2. The van der Waals surface area contributed by atoms with Crippen molar-refractivity contribution in [2.24, 2.45) is 22.9 Å². The number of oxime groups is 1. The van der Waals surface area contributed by atoms with Gasteiger partial charge in [0.25, 0.3) is 0 Å². The van der Waals surface area contributed by atoms with Gasteiger partial charge in [0.05, 0.1) is 38.1 Å². The molecular formula is C43H58N4O11. The van der Waals surface area contributed by atoms with Crippen LogP contribution in [0.5, 0.6) is 11.5 Å². The van der Waals surface area contributed by atoms with Gasteiger partial charge in [-0.1, -0.05) is 48.0 Å². The Morgan fingerprint density at radius 2 is 1.78 bits per heavy atom. The number of carbonyl (C=O) groups excluding carboxylic acids is 2. The van der Waals surface area contributed by atoms with Gasteiger partial charge >= 0.3 is 11.9 Å². The van der Waals surface area contributed by atoms with Gasteiger partial charge in [-0.05, 0) is 88.0 Å². The molecule has 15 nitrogen and oxygen atoms in total. The van der Waals surface area contributed by atoms with E-state index in [1.807, 2.05) is 18.2 Å². The molecule has 1 unspecified atom stereocenters. The minimum absolute atomic E-state index is 0.000894. The molecule has 1 saturated carbocycles. The number of allylic oxidation sites excluding steroid dienone is 1. The van der Waals surface area contributed by atoms with E-state index in [1.54, 1.807) is 26.0 Å². The minimum Gasteiger partial charge on any atom is -0.490 e. The third-order valence-corrected chi connectivity index (χ3v) is 11.4. The van der Waals surface area contributed by atoms with Crippen molar-refractivity contribution in [2.75, 3.05) is 46.2 Å². The first-order valence-corrected chi connectivity index (χ1v) is 20.7. The molecule has 2 N–H and O–H groups in total. The molecule has 4 aliphatic rings. The van der Waals surface area contributed by atoms with E-state index in [4.69, 9.17) is 38.4 Å². The van der Waals surface area contributed by atoms with E-state index in [2.05, 4.69) is 29.5 Å². The predicted molar refractivity (Wildman–Crippen MR) is 213 cm³/mol. The molecule has 0 spiro atoms. The van der Waals surface area contributed by atoms with Crippen LogP contribution in [0.1, 0.15) is 117 Å². The molecule has 1 saturated heterocycles. The molecule has 6 rings (SSSR count). The van der Waals surface area contributed by atoms with Crippen molar-refractivity contribution in [2.45, 2.75) is 102 Å². The molecule has 3 heterocycles. The second kappa shape index (κ2) is 20.4. The van der Waals surface area contributed by atoms with Gasteiger partial charge in [0.1, 0.15) is 24.1 Å². The van der Waals surface area contributed by atoms with Gasteiger partial charge in [0, 0.05) is 37.5 Å². The van der Waals surface area contributed by atoms with Gasteiger partial charge in [-0.2, -0.15) is 0 Å². The number of nitrogens with zero attached hydrogens (tertiary/aromatic N) is 4. The molecule has 316 valence electrons. The van der Waals surface area contributed by atoms with Crippen LogP contribution in [0.15, 0.2) is 60.3 Å². The Kier molecular flexibility index (Phi) is 15.1. The van der Waals surface area contributed by atoms with E-state index in [0.29, 0.717) is 49.7 Å². The molecule has 0 amide bonds. The quantitative estimate of drug-likeness (QED) is 0.0628. The lowest BCUT2D eigenvalue weighted by Gasteiger charge is -2.58. The maximum absolute atomic E-state index is 13.9. The number of carbonyl (C=O) groups is 2. The number of aliphatic hydroxyl groups excluding tert-OH is 2. The molecular weight excluding hydrogens is 748 g/mol. The van der Waals surface area contributed by atoms with Crippen LogP contribution in [0.2, 0.25) is 0 Å². The van der Waals surface area contributed by atoms with E-state index in [-0.39, 0.29) is 68.6 Å². The highest BCUT2D eigenvalue weighted by Crippen LogP contribution is 2.63. The highest BCUT2D eigenvalue weighted by Gasteiger charge is 2.65. The Bertz CT molecular complexity index is 1800. The first kappa shape index (κ1) is 43.0. The fraction of sp³-hybridized carbons (Fsp3) is 0.605. The molecule has 2 aliphatic heterocycles. The van der Waals surface area contributed by atoms with E-state index >= 15 is 0 Å². The van der Waals surface area contributed by atoms with Crippen molar-refractivity contribution >= 4 is 17.7 Å². The number of unbranched alkanes of at least 4 members (excludes halogenated alkanes) is 2. The third kappa shape index (κ3) is 9.02.